The van der Waals surface area contributed by atoms with E-state index in [1.54, 1.807) is 16.7 Å². The molecule has 2 saturated heterocycles. The van der Waals surface area contributed by atoms with E-state index < -0.39 is 0 Å². The van der Waals surface area contributed by atoms with Crippen molar-refractivity contribution >= 4 is 29.3 Å². The van der Waals surface area contributed by atoms with Gasteiger partial charge >= 0.3 is 0 Å². The molecule has 0 aromatic heterocycles. The van der Waals surface area contributed by atoms with Gasteiger partial charge in [0.25, 0.3) is 0 Å². The molecule has 28 heavy (non-hydrogen) atoms. The zero-order valence-corrected chi connectivity index (χ0v) is 17.5. The zero-order chi connectivity index (χ0) is 19.7. The summed E-state index contributed by atoms with van der Waals surface area (Å²) in [5.74, 6) is 0.479. The highest BCUT2D eigenvalue weighted by atomic mass is 32.2. The van der Waals surface area contributed by atoms with Crippen LogP contribution in [0, 0.1) is 0 Å². The van der Waals surface area contributed by atoms with Crippen molar-refractivity contribution in [3.8, 4) is 0 Å². The Bertz CT molecular complexity index is 733. The van der Waals surface area contributed by atoms with E-state index in [9.17, 15) is 9.59 Å². The van der Waals surface area contributed by atoms with E-state index in [1.165, 1.54) is 0 Å². The maximum Gasteiger partial charge on any atom is 0.242 e. The lowest BCUT2D eigenvalue weighted by Crippen LogP contribution is -2.52. The molecule has 0 aliphatic carbocycles. The van der Waals surface area contributed by atoms with Gasteiger partial charge in [-0.2, -0.15) is 0 Å². The molecule has 0 spiro atoms. The van der Waals surface area contributed by atoms with E-state index in [1.807, 2.05) is 29.2 Å². The summed E-state index contributed by atoms with van der Waals surface area (Å²) in [6, 6.07) is 8.08. The first-order valence-electron chi connectivity index (χ1n) is 10.2. The molecule has 0 N–H and O–H groups in total. The molecule has 1 aromatic rings. The summed E-state index contributed by atoms with van der Waals surface area (Å²) >= 11 is 1.55. The smallest absolute Gasteiger partial charge is 0.242 e. The van der Waals surface area contributed by atoms with Gasteiger partial charge < -0.3 is 14.5 Å². The molecule has 2 amide bonds. The van der Waals surface area contributed by atoms with Crippen LogP contribution in [-0.2, 0) is 14.3 Å². The van der Waals surface area contributed by atoms with Crippen molar-refractivity contribution in [1.82, 2.24) is 9.80 Å². The second-order valence-corrected chi connectivity index (χ2v) is 9.11. The summed E-state index contributed by atoms with van der Waals surface area (Å²) in [5, 5.41) is 0. The largest absolute Gasteiger partial charge is 0.373 e. The van der Waals surface area contributed by atoms with Gasteiger partial charge in [0.2, 0.25) is 11.8 Å². The van der Waals surface area contributed by atoms with E-state index in [-0.39, 0.29) is 36.6 Å². The van der Waals surface area contributed by atoms with Crippen molar-refractivity contribution in [2.24, 2.45) is 0 Å². The van der Waals surface area contributed by atoms with Gasteiger partial charge in [0.15, 0.2) is 0 Å². The second kappa shape index (κ2) is 8.43. The minimum absolute atomic E-state index is 0.0172. The van der Waals surface area contributed by atoms with E-state index in [0.29, 0.717) is 5.75 Å². The molecule has 4 rings (SSSR count). The normalized spacial score (nSPS) is 28.5. The van der Waals surface area contributed by atoms with Crippen LogP contribution in [0.5, 0.6) is 0 Å². The number of hydrogen-bond acceptors (Lipinski definition) is 5. The number of carbonyl (C=O) groups excluding carboxylic acids is 2. The minimum atomic E-state index is 0.0172. The van der Waals surface area contributed by atoms with Crippen LogP contribution in [0.3, 0.4) is 0 Å². The predicted molar refractivity (Wildman–Crippen MR) is 111 cm³/mol. The number of para-hydroxylation sites is 1. The Morgan fingerprint density at radius 1 is 1.21 bits per heavy atom. The fourth-order valence-electron chi connectivity index (χ4n) is 4.64. The molecule has 3 atom stereocenters. The molecule has 0 bridgehead atoms. The third-order valence-corrected chi connectivity index (χ3v) is 6.81. The number of anilines is 1. The molecule has 0 saturated carbocycles. The maximum absolute atomic E-state index is 13.1. The number of nitrogens with zero attached hydrogens (tertiary/aromatic N) is 3. The summed E-state index contributed by atoms with van der Waals surface area (Å²) in [5.41, 5.74) is 0.865. The molecule has 3 heterocycles. The summed E-state index contributed by atoms with van der Waals surface area (Å²) in [6.45, 7) is 7.87. The Kier molecular flexibility index (Phi) is 5.94. The zero-order valence-electron chi connectivity index (χ0n) is 16.7. The van der Waals surface area contributed by atoms with Crippen LogP contribution in [0.1, 0.15) is 26.7 Å². The molecule has 0 radical (unpaired) electrons. The van der Waals surface area contributed by atoms with Crippen molar-refractivity contribution in [1.29, 1.82) is 0 Å². The molecular formula is C21H29N3O3S. The quantitative estimate of drug-likeness (QED) is 0.772. The standard InChI is InChI=1S/C21H29N3O3S/c1-15-10-22(11-16(2)27-15)12-17-6-5-9-23(17)20(25)13-24-18-7-3-4-8-19(18)28-14-21(24)26/h3-4,7-8,15-17H,5-6,9-14H2,1-2H3. The van der Waals surface area contributed by atoms with Crippen LogP contribution in [0.25, 0.3) is 0 Å². The van der Waals surface area contributed by atoms with Crippen LogP contribution in [0.15, 0.2) is 29.2 Å². The van der Waals surface area contributed by atoms with Gasteiger partial charge in [0.05, 0.1) is 23.6 Å². The first-order chi connectivity index (χ1) is 13.5. The van der Waals surface area contributed by atoms with Crippen LogP contribution < -0.4 is 4.90 Å². The second-order valence-electron chi connectivity index (χ2n) is 8.10. The van der Waals surface area contributed by atoms with Crippen molar-refractivity contribution in [3.05, 3.63) is 24.3 Å². The van der Waals surface area contributed by atoms with Gasteiger partial charge in [0, 0.05) is 37.1 Å². The van der Waals surface area contributed by atoms with E-state index >= 15 is 0 Å². The number of benzene rings is 1. The number of ether oxygens (including phenoxy) is 1. The average Bonchev–Trinajstić information content (AvgIpc) is 3.11. The van der Waals surface area contributed by atoms with Gasteiger partial charge in [-0.25, -0.2) is 0 Å². The number of likely N-dealkylation sites (tertiary alicyclic amines) is 1. The highest BCUT2D eigenvalue weighted by Crippen LogP contribution is 2.35. The van der Waals surface area contributed by atoms with E-state index in [2.05, 4.69) is 18.7 Å². The van der Waals surface area contributed by atoms with Crippen LogP contribution in [0.4, 0.5) is 5.69 Å². The highest BCUT2D eigenvalue weighted by molar-refractivity contribution is 8.00. The van der Waals surface area contributed by atoms with Gasteiger partial charge in [-0.1, -0.05) is 12.1 Å². The Hall–Kier alpha value is -1.57. The monoisotopic (exact) mass is 403 g/mol. The molecule has 7 heteroatoms. The van der Waals surface area contributed by atoms with Gasteiger partial charge in [0.1, 0.15) is 6.54 Å². The molecule has 6 nitrogen and oxygen atoms in total. The van der Waals surface area contributed by atoms with E-state index in [4.69, 9.17) is 4.74 Å². The topological polar surface area (TPSA) is 53.1 Å². The lowest BCUT2D eigenvalue weighted by Gasteiger charge is -2.38. The minimum Gasteiger partial charge on any atom is -0.373 e. The van der Waals surface area contributed by atoms with Crippen molar-refractivity contribution < 1.29 is 14.3 Å². The lowest BCUT2D eigenvalue weighted by molar-refractivity contribution is -0.132. The molecule has 3 aliphatic heterocycles. The number of rotatable bonds is 4. The molecule has 3 unspecified atom stereocenters. The third-order valence-electron chi connectivity index (χ3n) is 5.76. The maximum atomic E-state index is 13.1. The predicted octanol–water partition coefficient (Wildman–Crippen LogP) is 2.23. The fourth-order valence-corrected chi connectivity index (χ4v) is 5.57. The van der Waals surface area contributed by atoms with Crippen LogP contribution >= 0.6 is 11.8 Å². The van der Waals surface area contributed by atoms with Gasteiger partial charge in [-0.3, -0.25) is 14.5 Å². The Balaban J connectivity index is 1.42. The summed E-state index contributed by atoms with van der Waals surface area (Å²) in [6.07, 6.45) is 2.53. The fraction of sp³-hybridized carbons (Fsp3) is 0.619. The Morgan fingerprint density at radius 3 is 2.75 bits per heavy atom. The van der Waals surface area contributed by atoms with Crippen molar-refractivity contribution in [3.63, 3.8) is 0 Å². The Labute approximate surface area is 171 Å². The SMILES string of the molecule is CC1CN(CC2CCCN2C(=O)CN2C(=O)CSc3ccccc32)CC(C)O1. The number of hydrogen-bond donors (Lipinski definition) is 0. The highest BCUT2D eigenvalue weighted by Gasteiger charge is 2.34. The third kappa shape index (κ3) is 4.21. The van der Waals surface area contributed by atoms with Gasteiger partial charge in [-0.05, 0) is 38.8 Å². The average molecular weight is 404 g/mol. The summed E-state index contributed by atoms with van der Waals surface area (Å²) in [4.78, 5) is 32.8. The lowest BCUT2D eigenvalue weighted by atomic mass is 10.1. The first-order valence-corrected chi connectivity index (χ1v) is 11.2. The number of fused-ring (bicyclic) bond motifs is 1. The molecular weight excluding hydrogens is 374 g/mol. The first kappa shape index (κ1) is 19.7. The number of thioether (sulfide) groups is 1. The Morgan fingerprint density at radius 2 is 1.96 bits per heavy atom. The molecule has 152 valence electrons. The van der Waals surface area contributed by atoms with Crippen molar-refractivity contribution in [2.75, 3.05) is 43.4 Å². The molecule has 3 aliphatic rings. The van der Waals surface area contributed by atoms with Gasteiger partial charge in [-0.15, -0.1) is 11.8 Å². The van der Waals surface area contributed by atoms with E-state index in [0.717, 1.165) is 49.6 Å². The number of morpholine rings is 1. The van der Waals surface area contributed by atoms with Crippen molar-refractivity contribution in [2.45, 2.75) is 49.8 Å². The molecule has 2 fully saturated rings. The summed E-state index contributed by atoms with van der Waals surface area (Å²) in [7, 11) is 0. The molecule has 1 aromatic carbocycles. The summed E-state index contributed by atoms with van der Waals surface area (Å²) < 4.78 is 5.83. The van der Waals surface area contributed by atoms with Crippen LogP contribution in [0.2, 0.25) is 0 Å². The van der Waals surface area contributed by atoms with Crippen LogP contribution in [-0.4, -0.2) is 78.3 Å². The number of amides is 2. The number of carbonyl (C=O) groups is 2.